The molecule has 2 fully saturated rings. The van der Waals surface area contributed by atoms with Crippen LogP contribution in [0.15, 0.2) is 29.2 Å². The number of rotatable bonds is 3. The summed E-state index contributed by atoms with van der Waals surface area (Å²) in [5, 5.41) is 0.552. The standard InChI is InChI=1S/C21H26N2O4/c1-13-4-5-17-15(10-13)19(24)16(12-22-17)20(25)23-9-8-21(27-3)7-6-14(26-2)11-18(21)23/h4-5,10,12,14,18H,6-9,11H2,1-3H3,(H,22,24)/t14?,18?,21-/m1/s1. The van der Waals surface area contributed by atoms with Gasteiger partial charge in [-0.2, -0.15) is 0 Å². The Balaban J connectivity index is 1.71. The normalized spacial score (nSPS) is 27.7. The Hall–Kier alpha value is -2.18. The highest BCUT2D eigenvalue weighted by atomic mass is 16.5. The molecule has 6 nitrogen and oxygen atoms in total. The minimum absolute atomic E-state index is 0.0682. The zero-order chi connectivity index (χ0) is 19.2. The van der Waals surface area contributed by atoms with Crippen LogP contribution in [0, 0.1) is 6.92 Å². The van der Waals surface area contributed by atoms with E-state index in [4.69, 9.17) is 9.47 Å². The summed E-state index contributed by atoms with van der Waals surface area (Å²) < 4.78 is 11.4. The highest BCUT2D eigenvalue weighted by molar-refractivity contribution is 5.97. The van der Waals surface area contributed by atoms with Gasteiger partial charge in [-0.1, -0.05) is 11.6 Å². The molecule has 0 radical (unpaired) electrons. The van der Waals surface area contributed by atoms with Gasteiger partial charge in [-0.25, -0.2) is 0 Å². The number of hydrogen-bond donors (Lipinski definition) is 1. The van der Waals surface area contributed by atoms with Gasteiger partial charge in [0.05, 0.1) is 17.7 Å². The number of aromatic nitrogens is 1. The maximum Gasteiger partial charge on any atom is 0.259 e. The molecule has 1 amide bonds. The maximum atomic E-state index is 13.3. The first-order valence-electron chi connectivity index (χ1n) is 9.50. The van der Waals surface area contributed by atoms with Crippen molar-refractivity contribution in [3.63, 3.8) is 0 Å². The topological polar surface area (TPSA) is 71.6 Å². The number of nitrogens with zero attached hydrogens (tertiary/aromatic N) is 1. The summed E-state index contributed by atoms with van der Waals surface area (Å²) in [6.45, 7) is 2.53. The number of nitrogens with one attached hydrogen (secondary N) is 1. The van der Waals surface area contributed by atoms with E-state index in [0.29, 0.717) is 11.9 Å². The van der Waals surface area contributed by atoms with Gasteiger partial charge in [-0.05, 0) is 44.7 Å². The van der Waals surface area contributed by atoms with Crippen LogP contribution in [0.4, 0.5) is 0 Å². The molecule has 1 aromatic heterocycles. The van der Waals surface area contributed by atoms with Gasteiger partial charge in [-0.3, -0.25) is 9.59 Å². The first kappa shape index (κ1) is 18.2. The molecule has 3 atom stereocenters. The Bertz CT molecular complexity index is 937. The van der Waals surface area contributed by atoms with Gasteiger partial charge < -0.3 is 19.4 Å². The number of methoxy groups -OCH3 is 2. The molecule has 1 saturated carbocycles. The van der Waals surface area contributed by atoms with Crippen LogP contribution in [-0.2, 0) is 9.47 Å². The predicted octanol–water partition coefficient (Wildman–Crippen LogP) is 2.64. The summed E-state index contributed by atoms with van der Waals surface area (Å²) in [7, 11) is 3.43. The van der Waals surface area contributed by atoms with Crippen molar-refractivity contribution in [2.75, 3.05) is 20.8 Å². The van der Waals surface area contributed by atoms with E-state index in [-0.39, 0.29) is 34.6 Å². The second-order valence-electron chi connectivity index (χ2n) is 7.75. The number of likely N-dealkylation sites (tertiary alicyclic amines) is 1. The van der Waals surface area contributed by atoms with Crippen LogP contribution >= 0.6 is 0 Å². The van der Waals surface area contributed by atoms with Crippen molar-refractivity contribution in [2.45, 2.75) is 50.4 Å². The van der Waals surface area contributed by atoms with Crippen LogP contribution in [0.1, 0.15) is 41.6 Å². The lowest BCUT2D eigenvalue weighted by atomic mass is 9.79. The molecule has 4 rings (SSSR count). The van der Waals surface area contributed by atoms with E-state index in [9.17, 15) is 9.59 Å². The lowest BCUT2D eigenvalue weighted by Gasteiger charge is -2.43. The third-order valence-corrected chi connectivity index (χ3v) is 6.40. The monoisotopic (exact) mass is 370 g/mol. The zero-order valence-corrected chi connectivity index (χ0v) is 16.1. The first-order chi connectivity index (χ1) is 13.0. The molecule has 1 N–H and O–H groups in total. The second kappa shape index (κ2) is 6.77. The Labute approximate surface area is 158 Å². The average Bonchev–Trinajstić information content (AvgIpc) is 3.07. The molecule has 2 unspecified atom stereocenters. The quantitative estimate of drug-likeness (QED) is 0.902. The fraction of sp³-hybridized carbons (Fsp3) is 0.524. The minimum Gasteiger partial charge on any atom is -0.381 e. The van der Waals surface area contributed by atoms with Crippen molar-refractivity contribution < 1.29 is 14.3 Å². The summed E-state index contributed by atoms with van der Waals surface area (Å²) in [5.74, 6) is -0.222. The van der Waals surface area contributed by atoms with Gasteiger partial charge in [0.1, 0.15) is 5.56 Å². The average molecular weight is 370 g/mol. The number of H-pyrrole nitrogens is 1. The molecule has 27 heavy (non-hydrogen) atoms. The number of fused-ring (bicyclic) bond motifs is 2. The molecule has 2 aliphatic rings. The van der Waals surface area contributed by atoms with Crippen LogP contribution in [0.25, 0.3) is 10.9 Å². The predicted molar refractivity (Wildman–Crippen MR) is 103 cm³/mol. The number of aryl methyl sites for hydroxylation is 1. The van der Waals surface area contributed by atoms with Crippen molar-refractivity contribution in [1.29, 1.82) is 0 Å². The Morgan fingerprint density at radius 2 is 2.11 bits per heavy atom. The van der Waals surface area contributed by atoms with Crippen LogP contribution in [0.5, 0.6) is 0 Å². The number of carbonyl (C=O) groups is 1. The smallest absolute Gasteiger partial charge is 0.259 e. The Morgan fingerprint density at radius 1 is 1.30 bits per heavy atom. The lowest BCUT2D eigenvalue weighted by Crippen LogP contribution is -2.53. The van der Waals surface area contributed by atoms with Crippen molar-refractivity contribution in [3.8, 4) is 0 Å². The highest BCUT2D eigenvalue weighted by Crippen LogP contribution is 2.43. The second-order valence-corrected chi connectivity index (χ2v) is 7.75. The summed E-state index contributed by atoms with van der Waals surface area (Å²) in [5.41, 5.74) is 1.38. The molecule has 1 aliphatic carbocycles. The van der Waals surface area contributed by atoms with Gasteiger partial charge >= 0.3 is 0 Å². The zero-order valence-electron chi connectivity index (χ0n) is 16.1. The van der Waals surface area contributed by atoms with E-state index in [0.717, 1.165) is 36.8 Å². The molecule has 0 spiro atoms. The number of carbonyl (C=O) groups excluding carboxylic acids is 1. The first-order valence-corrected chi connectivity index (χ1v) is 9.50. The van der Waals surface area contributed by atoms with Gasteiger partial charge in [0.15, 0.2) is 0 Å². The molecule has 1 saturated heterocycles. The Morgan fingerprint density at radius 3 is 2.85 bits per heavy atom. The fourth-order valence-electron chi connectivity index (χ4n) is 4.77. The molecule has 2 heterocycles. The van der Waals surface area contributed by atoms with Crippen molar-refractivity contribution in [1.82, 2.24) is 9.88 Å². The molecule has 1 aliphatic heterocycles. The van der Waals surface area contributed by atoms with Crippen LogP contribution < -0.4 is 5.43 Å². The van der Waals surface area contributed by atoms with E-state index in [1.54, 1.807) is 20.4 Å². The number of benzene rings is 1. The van der Waals surface area contributed by atoms with Crippen LogP contribution in [0.3, 0.4) is 0 Å². The van der Waals surface area contributed by atoms with Crippen molar-refractivity contribution in [3.05, 3.63) is 45.7 Å². The summed E-state index contributed by atoms with van der Waals surface area (Å²) in [6.07, 6.45) is 4.99. The number of hydrogen-bond acceptors (Lipinski definition) is 4. The summed E-state index contributed by atoms with van der Waals surface area (Å²) in [4.78, 5) is 31.2. The van der Waals surface area contributed by atoms with E-state index in [1.807, 2.05) is 30.0 Å². The fourth-order valence-corrected chi connectivity index (χ4v) is 4.77. The van der Waals surface area contributed by atoms with Gasteiger partial charge in [0, 0.05) is 37.9 Å². The third-order valence-electron chi connectivity index (χ3n) is 6.40. The Kier molecular flexibility index (Phi) is 4.56. The summed E-state index contributed by atoms with van der Waals surface area (Å²) in [6, 6.07) is 5.58. The molecule has 2 aromatic rings. The molecule has 1 aromatic carbocycles. The van der Waals surface area contributed by atoms with Gasteiger partial charge in [0.2, 0.25) is 5.43 Å². The number of aromatic amines is 1. The molecular weight excluding hydrogens is 344 g/mol. The van der Waals surface area contributed by atoms with E-state index in [2.05, 4.69) is 4.98 Å². The molecule has 144 valence electrons. The van der Waals surface area contributed by atoms with E-state index in [1.165, 1.54) is 0 Å². The van der Waals surface area contributed by atoms with E-state index >= 15 is 0 Å². The highest BCUT2D eigenvalue weighted by Gasteiger charge is 2.52. The van der Waals surface area contributed by atoms with Crippen molar-refractivity contribution >= 4 is 16.8 Å². The lowest BCUT2D eigenvalue weighted by molar-refractivity contribution is -0.0893. The number of amides is 1. The number of ether oxygens (including phenoxy) is 2. The maximum absolute atomic E-state index is 13.3. The molecule has 6 heteroatoms. The largest absolute Gasteiger partial charge is 0.381 e. The van der Waals surface area contributed by atoms with Crippen LogP contribution in [-0.4, -0.2) is 54.3 Å². The van der Waals surface area contributed by atoms with Crippen LogP contribution in [0.2, 0.25) is 0 Å². The summed E-state index contributed by atoms with van der Waals surface area (Å²) >= 11 is 0. The number of pyridine rings is 1. The third kappa shape index (κ3) is 2.87. The van der Waals surface area contributed by atoms with Crippen molar-refractivity contribution in [2.24, 2.45) is 0 Å². The SMILES string of the molecule is COC1CC[C@@]2(OC)CCN(C(=O)c3c[nH]c4ccc(C)cc4c3=O)C2C1. The molecule has 0 bridgehead atoms. The van der Waals surface area contributed by atoms with Gasteiger partial charge in [0.25, 0.3) is 5.91 Å². The van der Waals surface area contributed by atoms with E-state index < -0.39 is 0 Å². The minimum atomic E-state index is -0.328. The van der Waals surface area contributed by atoms with Gasteiger partial charge in [-0.15, -0.1) is 0 Å². The molecular formula is C21H26N2O4.